The summed E-state index contributed by atoms with van der Waals surface area (Å²) in [4.78, 5) is 7.11. The molecule has 0 saturated heterocycles. The molecular weight excluding hydrogens is 234 g/mol. The highest BCUT2D eigenvalue weighted by Gasteiger charge is 2.09. The van der Waals surface area contributed by atoms with Crippen LogP contribution in [-0.4, -0.2) is 29.5 Å². The maximum atomic E-state index is 4.72. The maximum absolute atomic E-state index is 4.72. The molecule has 0 spiro atoms. The van der Waals surface area contributed by atoms with Crippen LogP contribution in [0.1, 0.15) is 51.4 Å². The average Bonchev–Trinajstić information content (AvgIpc) is 2.40. The standard InChI is InChI=1S/C16H29N3/c1-5-8-14(3)19(4)13-16-10-7-9-15(18-16)12-17-11-6-2/h7,9-10,14,17H,5-6,8,11-13H2,1-4H3. The molecule has 0 bridgehead atoms. The highest BCUT2D eigenvalue weighted by Crippen LogP contribution is 2.09. The molecule has 0 fully saturated rings. The zero-order chi connectivity index (χ0) is 14.1. The predicted molar refractivity (Wildman–Crippen MR) is 82.1 cm³/mol. The monoisotopic (exact) mass is 263 g/mol. The van der Waals surface area contributed by atoms with Crippen molar-refractivity contribution < 1.29 is 0 Å². The van der Waals surface area contributed by atoms with Gasteiger partial charge in [0.15, 0.2) is 0 Å². The van der Waals surface area contributed by atoms with Gasteiger partial charge < -0.3 is 5.32 Å². The van der Waals surface area contributed by atoms with Crippen molar-refractivity contribution in [3.8, 4) is 0 Å². The Bertz CT molecular complexity index is 352. The van der Waals surface area contributed by atoms with E-state index in [0.717, 1.165) is 31.7 Å². The molecule has 1 aromatic rings. The lowest BCUT2D eigenvalue weighted by molar-refractivity contribution is 0.234. The number of hydrogen-bond acceptors (Lipinski definition) is 3. The second-order valence-corrected chi connectivity index (χ2v) is 5.35. The molecule has 3 nitrogen and oxygen atoms in total. The molecule has 1 heterocycles. The molecule has 1 unspecified atom stereocenters. The lowest BCUT2D eigenvalue weighted by atomic mass is 10.1. The fourth-order valence-corrected chi connectivity index (χ4v) is 2.16. The van der Waals surface area contributed by atoms with Crippen LogP contribution < -0.4 is 5.32 Å². The second-order valence-electron chi connectivity index (χ2n) is 5.35. The smallest absolute Gasteiger partial charge is 0.0547 e. The van der Waals surface area contributed by atoms with Crippen molar-refractivity contribution in [3.05, 3.63) is 29.6 Å². The van der Waals surface area contributed by atoms with E-state index in [-0.39, 0.29) is 0 Å². The molecule has 1 aromatic heterocycles. The van der Waals surface area contributed by atoms with E-state index in [2.05, 4.69) is 56.2 Å². The Morgan fingerprint density at radius 1 is 1.21 bits per heavy atom. The van der Waals surface area contributed by atoms with E-state index in [1.54, 1.807) is 0 Å². The summed E-state index contributed by atoms with van der Waals surface area (Å²) in [5.74, 6) is 0. The molecule has 0 radical (unpaired) electrons. The van der Waals surface area contributed by atoms with E-state index in [9.17, 15) is 0 Å². The summed E-state index contributed by atoms with van der Waals surface area (Å²) in [5.41, 5.74) is 2.31. The number of nitrogens with zero attached hydrogens (tertiary/aromatic N) is 2. The van der Waals surface area contributed by atoms with Crippen LogP contribution in [0.4, 0.5) is 0 Å². The first-order chi connectivity index (χ1) is 9.17. The number of pyridine rings is 1. The lowest BCUT2D eigenvalue weighted by Gasteiger charge is -2.24. The third-order valence-electron chi connectivity index (χ3n) is 3.47. The van der Waals surface area contributed by atoms with Gasteiger partial charge in [0.25, 0.3) is 0 Å². The molecule has 3 heteroatoms. The molecule has 0 aliphatic carbocycles. The summed E-state index contributed by atoms with van der Waals surface area (Å²) in [5, 5.41) is 3.40. The van der Waals surface area contributed by atoms with Crippen molar-refractivity contribution in [1.29, 1.82) is 0 Å². The van der Waals surface area contributed by atoms with Crippen LogP contribution in [0.3, 0.4) is 0 Å². The number of hydrogen-bond donors (Lipinski definition) is 1. The number of rotatable bonds is 9. The molecule has 0 saturated carbocycles. The molecule has 1 rings (SSSR count). The molecule has 19 heavy (non-hydrogen) atoms. The van der Waals surface area contributed by atoms with E-state index in [1.807, 2.05) is 0 Å². The highest BCUT2D eigenvalue weighted by atomic mass is 15.1. The molecule has 0 aliphatic rings. The van der Waals surface area contributed by atoms with Gasteiger partial charge in [0, 0.05) is 19.1 Å². The van der Waals surface area contributed by atoms with Crippen molar-refractivity contribution in [3.63, 3.8) is 0 Å². The van der Waals surface area contributed by atoms with Gasteiger partial charge in [0.2, 0.25) is 0 Å². The van der Waals surface area contributed by atoms with Gasteiger partial charge >= 0.3 is 0 Å². The van der Waals surface area contributed by atoms with E-state index in [0.29, 0.717) is 6.04 Å². The van der Waals surface area contributed by atoms with Gasteiger partial charge in [-0.3, -0.25) is 9.88 Å². The molecule has 0 aromatic carbocycles. The SMILES string of the molecule is CCCNCc1cccc(CN(C)C(C)CCC)n1. The first-order valence-electron chi connectivity index (χ1n) is 7.53. The van der Waals surface area contributed by atoms with Gasteiger partial charge in [-0.2, -0.15) is 0 Å². The van der Waals surface area contributed by atoms with Crippen LogP contribution in [0.25, 0.3) is 0 Å². The van der Waals surface area contributed by atoms with Gasteiger partial charge in [-0.15, -0.1) is 0 Å². The summed E-state index contributed by atoms with van der Waals surface area (Å²) in [6.45, 7) is 9.57. The van der Waals surface area contributed by atoms with E-state index in [4.69, 9.17) is 4.98 Å². The minimum Gasteiger partial charge on any atom is -0.311 e. The van der Waals surface area contributed by atoms with Crippen molar-refractivity contribution in [2.24, 2.45) is 0 Å². The van der Waals surface area contributed by atoms with Crippen molar-refractivity contribution in [2.45, 2.75) is 59.2 Å². The van der Waals surface area contributed by atoms with E-state index in [1.165, 1.54) is 18.5 Å². The van der Waals surface area contributed by atoms with E-state index < -0.39 is 0 Å². The summed E-state index contributed by atoms with van der Waals surface area (Å²) >= 11 is 0. The zero-order valence-electron chi connectivity index (χ0n) is 12.9. The third kappa shape index (κ3) is 6.17. The topological polar surface area (TPSA) is 28.2 Å². The Morgan fingerprint density at radius 2 is 1.95 bits per heavy atom. The highest BCUT2D eigenvalue weighted by molar-refractivity contribution is 5.11. The molecule has 1 atom stereocenters. The third-order valence-corrected chi connectivity index (χ3v) is 3.47. The first kappa shape index (κ1) is 16.1. The maximum Gasteiger partial charge on any atom is 0.0547 e. The van der Waals surface area contributed by atoms with Gasteiger partial charge in [-0.1, -0.05) is 26.3 Å². The number of nitrogens with one attached hydrogen (secondary N) is 1. The van der Waals surface area contributed by atoms with Crippen LogP contribution in [0, 0.1) is 0 Å². The predicted octanol–water partition coefficient (Wildman–Crippen LogP) is 3.20. The molecular formula is C16H29N3. The molecule has 0 aliphatic heterocycles. The lowest BCUT2D eigenvalue weighted by Crippen LogP contribution is -2.28. The van der Waals surface area contributed by atoms with Crippen molar-refractivity contribution >= 4 is 0 Å². The van der Waals surface area contributed by atoms with Crippen LogP contribution in [0.5, 0.6) is 0 Å². The first-order valence-corrected chi connectivity index (χ1v) is 7.53. The minimum atomic E-state index is 0.619. The second kappa shape index (κ2) is 9.05. The Morgan fingerprint density at radius 3 is 2.63 bits per heavy atom. The van der Waals surface area contributed by atoms with Crippen LogP contribution in [0.15, 0.2) is 18.2 Å². The zero-order valence-corrected chi connectivity index (χ0v) is 12.9. The van der Waals surface area contributed by atoms with Gasteiger partial charge in [-0.05, 0) is 45.5 Å². The van der Waals surface area contributed by atoms with Crippen LogP contribution in [0.2, 0.25) is 0 Å². The van der Waals surface area contributed by atoms with E-state index >= 15 is 0 Å². The Hall–Kier alpha value is -0.930. The largest absolute Gasteiger partial charge is 0.311 e. The van der Waals surface area contributed by atoms with Crippen molar-refractivity contribution in [2.75, 3.05) is 13.6 Å². The fourth-order valence-electron chi connectivity index (χ4n) is 2.16. The van der Waals surface area contributed by atoms with Crippen molar-refractivity contribution in [1.82, 2.24) is 15.2 Å². The summed E-state index contributed by atoms with van der Waals surface area (Å²) in [7, 11) is 2.18. The fraction of sp³-hybridized carbons (Fsp3) is 0.688. The summed E-state index contributed by atoms with van der Waals surface area (Å²) in [6, 6.07) is 6.96. The Kier molecular flexibility index (Phi) is 7.68. The van der Waals surface area contributed by atoms with Crippen LogP contribution >= 0.6 is 0 Å². The summed E-state index contributed by atoms with van der Waals surface area (Å²) < 4.78 is 0. The molecule has 0 amide bonds. The Labute approximate surface area is 118 Å². The van der Waals surface area contributed by atoms with Crippen LogP contribution in [-0.2, 0) is 13.1 Å². The van der Waals surface area contributed by atoms with Gasteiger partial charge in [0.1, 0.15) is 0 Å². The molecule has 1 N–H and O–H groups in total. The Balaban J connectivity index is 2.51. The minimum absolute atomic E-state index is 0.619. The van der Waals surface area contributed by atoms with Gasteiger partial charge in [0.05, 0.1) is 11.4 Å². The molecule has 108 valence electrons. The average molecular weight is 263 g/mol. The summed E-state index contributed by atoms with van der Waals surface area (Å²) in [6.07, 6.45) is 3.64. The normalized spacial score (nSPS) is 12.9. The quantitative estimate of drug-likeness (QED) is 0.693. The van der Waals surface area contributed by atoms with Gasteiger partial charge in [-0.25, -0.2) is 0 Å². The number of aromatic nitrogens is 1.